The standard InChI is InChI=1S/C17H21IN6O/c1-11-9-12(19-2)6-7-23(11)13-10-20-15-16(18)22-24(17(15)21-13)14-5-3-4-8-25-14/h10-12,14H,3-9H2,1H3/t11-,12?,14?/m1/s1. The number of hydrogen-bond donors (Lipinski definition) is 0. The van der Waals surface area contributed by atoms with Crippen molar-refractivity contribution in [3.05, 3.63) is 21.3 Å². The van der Waals surface area contributed by atoms with Crippen LogP contribution in [0.25, 0.3) is 16.0 Å². The fourth-order valence-corrected chi connectivity index (χ4v) is 4.34. The molecule has 0 saturated carbocycles. The zero-order valence-corrected chi connectivity index (χ0v) is 16.4. The molecule has 0 radical (unpaired) electrons. The Labute approximate surface area is 160 Å². The molecule has 0 bridgehead atoms. The maximum Gasteiger partial charge on any atom is 0.227 e. The van der Waals surface area contributed by atoms with Crippen LogP contribution in [0.2, 0.25) is 0 Å². The van der Waals surface area contributed by atoms with E-state index in [1.807, 2.05) is 10.9 Å². The Morgan fingerprint density at radius 1 is 1.36 bits per heavy atom. The molecule has 0 aliphatic carbocycles. The Morgan fingerprint density at radius 3 is 2.96 bits per heavy atom. The minimum absolute atomic E-state index is 0.0467. The first-order chi connectivity index (χ1) is 12.2. The average molecular weight is 452 g/mol. The van der Waals surface area contributed by atoms with Crippen LogP contribution in [0.3, 0.4) is 0 Å². The summed E-state index contributed by atoms with van der Waals surface area (Å²) < 4.78 is 8.67. The van der Waals surface area contributed by atoms with Gasteiger partial charge in [-0.1, -0.05) is 0 Å². The summed E-state index contributed by atoms with van der Waals surface area (Å²) in [6.07, 6.45) is 6.78. The van der Waals surface area contributed by atoms with E-state index in [1.54, 1.807) is 0 Å². The summed E-state index contributed by atoms with van der Waals surface area (Å²) in [5.41, 5.74) is 1.63. The van der Waals surface area contributed by atoms with E-state index in [0.29, 0.717) is 6.04 Å². The van der Waals surface area contributed by atoms with Crippen LogP contribution in [0.15, 0.2) is 6.20 Å². The number of anilines is 1. The van der Waals surface area contributed by atoms with Gasteiger partial charge in [0.1, 0.15) is 11.3 Å². The molecule has 2 unspecified atom stereocenters. The van der Waals surface area contributed by atoms with Crippen LogP contribution in [0, 0.1) is 10.3 Å². The first-order valence-corrected chi connectivity index (χ1v) is 9.91. The third kappa shape index (κ3) is 3.19. The van der Waals surface area contributed by atoms with Gasteiger partial charge in [-0.05, 0) is 48.8 Å². The molecule has 2 aliphatic rings. The van der Waals surface area contributed by atoms with Gasteiger partial charge in [-0.25, -0.2) is 21.2 Å². The summed E-state index contributed by atoms with van der Waals surface area (Å²) >= 11 is 2.22. The number of ether oxygens (including phenoxy) is 1. The normalized spacial score (nSPS) is 27.4. The lowest BCUT2D eigenvalue weighted by Gasteiger charge is -2.34. The van der Waals surface area contributed by atoms with Crippen LogP contribution >= 0.6 is 22.6 Å². The van der Waals surface area contributed by atoms with Crippen molar-refractivity contribution < 1.29 is 4.74 Å². The fraction of sp³-hybridized carbons (Fsp3) is 0.647. The molecule has 8 heteroatoms. The van der Waals surface area contributed by atoms with Crippen molar-refractivity contribution in [1.82, 2.24) is 19.7 Å². The molecule has 3 atom stereocenters. The maximum absolute atomic E-state index is 7.26. The third-order valence-corrected chi connectivity index (χ3v) is 5.83. The first-order valence-electron chi connectivity index (χ1n) is 8.83. The second-order valence-electron chi connectivity index (χ2n) is 6.81. The molecular formula is C17H21IN6O. The molecule has 25 heavy (non-hydrogen) atoms. The van der Waals surface area contributed by atoms with Crippen molar-refractivity contribution in [2.45, 2.75) is 57.3 Å². The molecule has 2 saturated heterocycles. The first kappa shape index (κ1) is 17.0. The Balaban J connectivity index is 1.68. The molecule has 2 aromatic heterocycles. The molecule has 4 heterocycles. The minimum atomic E-state index is -0.0467. The van der Waals surface area contributed by atoms with Gasteiger partial charge >= 0.3 is 0 Å². The molecule has 0 aromatic carbocycles. The van der Waals surface area contributed by atoms with E-state index in [9.17, 15) is 0 Å². The highest BCUT2D eigenvalue weighted by Crippen LogP contribution is 2.30. The second kappa shape index (κ2) is 7.03. The summed E-state index contributed by atoms with van der Waals surface area (Å²) in [4.78, 5) is 15.5. The molecule has 4 rings (SSSR count). The van der Waals surface area contributed by atoms with Gasteiger partial charge in [0.2, 0.25) is 6.04 Å². The summed E-state index contributed by atoms with van der Waals surface area (Å²) in [5.74, 6) is 0.872. The molecule has 132 valence electrons. The Morgan fingerprint density at radius 2 is 2.24 bits per heavy atom. The average Bonchev–Trinajstić information content (AvgIpc) is 2.98. The quantitative estimate of drug-likeness (QED) is 0.517. The van der Waals surface area contributed by atoms with E-state index >= 15 is 0 Å². The number of halogens is 1. The van der Waals surface area contributed by atoms with Gasteiger partial charge in [0, 0.05) is 32.0 Å². The molecule has 7 nitrogen and oxygen atoms in total. The summed E-state index contributed by atoms with van der Waals surface area (Å²) in [5, 5.41) is 4.64. The smallest absolute Gasteiger partial charge is 0.227 e. The van der Waals surface area contributed by atoms with E-state index in [1.165, 1.54) is 0 Å². The second-order valence-corrected chi connectivity index (χ2v) is 7.83. The molecule has 2 aliphatic heterocycles. The van der Waals surface area contributed by atoms with Crippen LogP contribution in [0.1, 0.15) is 45.3 Å². The lowest BCUT2D eigenvalue weighted by Crippen LogP contribution is -2.42. The number of rotatable bonds is 2. The summed E-state index contributed by atoms with van der Waals surface area (Å²) in [6, 6.07) is 0.422. The van der Waals surface area contributed by atoms with Crippen molar-refractivity contribution in [2.75, 3.05) is 18.1 Å². The number of fused-ring (bicyclic) bond motifs is 1. The highest BCUT2D eigenvalue weighted by molar-refractivity contribution is 14.1. The number of piperidine rings is 1. The monoisotopic (exact) mass is 452 g/mol. The van der Waals surface area contributed by atoms with E-state index in [4.69, 9.17) is 16.3 Å². The fourth-order valence-electron chi connectivity index (χ4n) is 3.73. The van der Waals surface area contributed by atoms with Crippen LogP contribution in [-0.4, -0.2) is 45.0 Å². The highest BCUT2D eigenvalue weighted by Gasteiger charge is 2.30. The SMILES string of the molecule is [C-]#[N+]C1CCN(c2cnc3c(I)nn(C4CCCCO4)c3n2)[C@H](C)C1. The van der Waals surface area contributed by atoms with Crippen molar-refractivity contribution in [2.24, 2.45) is 0 Å². The topological polar surface area (TPSA) is 60.4 Å². The van der Waals surface area contributed by atoms with Gasteiger partial charge in [0.05, 0.1) is 6.20 Å². The predicted molar refractivity (Wildman–Crippen MR) is 103 cm³/mol. The molecule has 2 aromatic rings. The Kier molecular flexibility index (Phi) is 4.78. The molecule has 2 fully saturated rings. The van der Waals surface area contributed by atoms with Crippen LogP contribution in [0.5, 0.6) is 0 Å². The van der Waals surface area contributed by atoms with Crippen molar-refractivity contribution >= 4 is 39.6 Å². The Hall–Kier alpha value is -1.47. The molecular weight excluding hydrogens is 431 g/mol. The number of aromatic nitrogens is 4. The van der Waals surface area contributed by atoms with Crippen LogP contribution in [-0.2, 0) is 4.74 Å². The lowest BCUT2D eigenvalue weighted by atomic mass is 9.99. The molecule has 0 N–H and O–H groups in total. The van der Waals surface area contributed by atoms with Crippen molar-refractivity contribution in [3.63, 3.8) is 0 Å². The van der Waals surface area contributed by atoms with Crippen LogP contribution < -0.4 is 4.90 Å². The minimum Gasteiger partial charge on any atom is -0.356 e. The van der Waals surface area contributed by atoms with Gasteiger partial charge in [-0.2, -0.15) is 5.10 Å². The summed E-state index contributed by atoms with van der Waals surface area (Å²) in [6.45, 7) is 11.0. The van der Waals surface area contributed by atoms with Gasteiger partial charge in [-0.3, -0.25) is 0 Å². The van der Waals surface area contributed by atoms with Gasteiger partial charge in [0.15, 0.2) is 15.6 Å². The van der Waals surface area contributed by atoms with Crippen molar-refractivity contribution in [1.29, 1.82) is 0 Å². The Bertz CT molecular complexity index is 809. The zero-order chi connectivity index (χ0) is 17.4. The number of nitrogens with zero attached hydrogens (tertiary/aromatic N) is 6. The maximum atomic E-state index is 7.26. The summed E-state index contributed by atoms with van der Waals surface area (Å²) in [7, 11) is 0. The van der Waals surface area contributed by atoms with Crippen molar-refractivity contribution in [3.8, 4) is 0 Å². The van der Waals surface area contributed by atoms with E-state index in [0.717, 1.165) is 65.9 Å². The van der Waals surface area contributed by atoms with Crippen LogP contribution in [0.4, 0.5) is 5.82 Å². The van der Waals surface area contributed by atoms with E-state index in [-0.39, 0.29) is 12.3 Å². The van der Waals surface area contributed by atoms with Gasteiger partial charge < -0.3 is 14.5 Å². The lowest BCUT2D eigenvalue weighted by molar-refractivity contribution is -0.0372. The van der Waals surface area contributed by atoms with E-state index < -0.39 is 0 Å². The highest BCUT2D eigenvalue weighted by atomic mass is 127. The number of hydrogen-bond acceptors (Lipinski definition) is 5. The molecule has 0 spiro atoms. The molecule has 0 amide bonds. The predicted octanol–water partition coefficient (Wildman–Crippen LogP) is 3.41. The van der Waals surface area contributed by atoms with Gasteiger partial charge in [0.25, 0.3) is 0 Å². The zero-order valence-electron chi connectivity index (χ0n) is 14.2. The third-order valence-electron chi connectivity index (χ3n) is 5.10. The largest absolute Gasteiger partial charge is 0.356 e. The van der Waals surface area contributed by atoms with E-state index in [2.05, 4.69) is 49.3 Å². The van der Waals surface area contributed by atoms with Gasteiger partial charge in [-0.15, -0.1) is 0 Å².